The van der Waals surface area contributed by atoms with E-state index in [-0.39, 0.29) is 11.8 Å². The van der Waals surface area contributed by atoms with Crippen LogP contribution in [0.25, 0.3) is 0 Å². The van der Waals surface area contributed by atoms with E-state index < -0.39 is 6.04 Å². The van der Waals surface area contributed by atoms with E-state index in [1.54, 1.807) is 0 Å². The fourth-order valence-corrected chi connectivity index (χ4v) is 1.84. The molecule has 1 amide bonds. The van der Waals surface area contributed by atoms with E-state index >= 15 is 0 Å². The zero-order valence-electron chi connectivity index (χ0n) is 11.7. The molecule has 0 spiro atoms. The number of hydrogen-bond acceptors (Lipinski definition) is 2. The van der Waals surface area contributed by atoms with Crippen LogP contribution in [0.4, 0.5) is 5.69 Å². The normalized spacial score (nSPS) is 14.3. The van der Waals surface area contributed by atoms with Gasteiger partial charge in [-0.15, -0.1) is 0 Å². The summed E-state index contributed by atoms with van der Waals surface area (Å²) in [5, 5.41) is 2.94. The maximum atomic E-state index is 12.1. The van der Waals surface area contributed by atoms with Crippen molar-refractivity contribution < 1.29 is 4.79 Å². The largest absolute Gasteiger partial charge is 0.324 e. The molecule has 0 bridgehead atoms. The third-order valence-corrected chi connectivity index (χ3v) is 3.40. The van der Waals surface area contributed by atoms with Gasteiger partial charge in [-0.1, -0.05) is 52.3 Å². The third-order valence-electron chi connectivity index (χ3n) is 3.40. The Balaban J connectivity index is 2.82. The standard InChI is InChI=1S/C15H24N2O/c1-5-11(4)14(16)15(18)17-13-9-7-6-8-12(13)10(2)3/h6-11,14H,5,16H2,1-4H3,(H,17,18)/t11?,14-/m0/s1. The molecule has 0 saturated carbocycles. The van der Waals surface area contributed by atoms with Gasteiger partial charge in [-0.3, -0.25) is 4.79 Å². The number of carbonyl (C=O) groups is 1. The first-order chi connectivity index (χ1) is 8.47. The fourth-order valence-electron chi connectivity index (χ4n) is 1.84. The average Bonchev–Trinajstić information content (AvgIpc) is 2.37. The zero-order valence-corrected chi connectivity index (χ0v) is 11.7. The molecule has 0 radical (unpaired) electrons. The lowest BCUT2D eigenvalue weighted by Gasteiger charge is -2.20. The molecule has 18 heavy (non-hydrogen) atoms. The fraction of sp³-hybridized carbons (Fsp3) is 0.533. The zero-order chi connectivity index (χ0) is 13.7. The molecule has 0 fully saturated rings. The van der Waals surface area contributed by atoms with Crippen LogP contribution in [-0.4, -0.2) is 11.9 Å². The van der Waals surface area contributed by atoms with Gasteiger partial charge in [0.25, 0.3) is 0 Å². The van der Waals surface area contributed by atoms with Crippen LogP contribution >= 0.6 is 0 Å². The van der Waals surface area contributed by atoms with Crippen molar-refractivity contribution in [2.24, 2.45) is 11.7 Å². The van der Waals surface area contributed by atoms with Crippen molar-refractivity contribution in [1.29, 1.82) is 0 Å². The van der Waals surface area contributed by atoms with Crippen LogP contribution in [-0.2, 0) is 4.79 Å². The summed E-state index contributed by atoms with van der Waals surface area (Å²) in [5.74, 6) is 0.468. The monoisotopic (exact) mass is 248 g/mol. The number of nitrogens with one attached hydrogen (secondary N) is 1. The van der Waals surface area contributed by atoms with Crippen molar-refractivity contribution in [3.05, 3.63) is 29.8 Å². The summed E-state index contributed by atoms with van der Waals surface area (Å²) in [5.41, 5.74) is 7.95. The predicted molar refractivity (Wildman–Crippen MR) is 76.6 cm³/mol. The molecule has 0 aliphatic rings. The Hall–Kier alpha value is -1.35. The summed E-state index contributed by atoms with van der Waals surface area (Å²) in [4.78, 5) is 12.1. The molecule has 0 aliphatic carbocycles. The second-order valence-electron chi connectivity index (χ2n) is 5.14. The molecule has 0 aliphatic heterocycles. The predicted octanol–water partition coefficient (Wildman–Crippen LogP) is 3.12. The smallest absolute Gasteiger partial charge is 0.241 e. The van der Waals surface area contributed by atoms with Crippen LogP contribution in [0.5, 0.6) is 0 Å². The van der Waals surface area contributed by atoms with Crippen LogP contribution in [0.2, 0.25) is 0 Å². The molecule has 3 N–H and O–H groups in total. The van der Waals surface area contributed by atoms with Gasteiger partial charge in [0.15, 0.2) is 0 Å². The molecule has 0 heterocycles. The minimum atomic E-state index is -0.449. The first-order valence-corrected chi connectivity index (χ1v) is 6.62. The Morgan fingerprint density at radius 1 is 1.28 bits per heavy atom. The van der Waals surface area contributed by atoms with Gasteiger partial charge >= 0.3 is 0 Å². The quantitative estimate of drug-likeness (QED) is 0.841. The van der Waals surface area contributed by atoms with Gasteiger partial charge in [0.05, 0.1) is 6.04 Å². The molecule has 2 atom stereocenters. The minimum absolute atomic E-state index is 0.0996. The Kier molecular flexibility index (Phi) is 5.35. The summed E-state index contributed by atoms with van der Waals surface area (Å²) in [6.45, 7) is 8.26. The van der Waals surface area contributed by atoms with Crippen molar-refractivity contribution in [3.63, 3.8) is 0 Å². The van der Waals surface area contributed by atoms with Gasteiger partial charge in [-0.2, -0.15) is 0 Å². The lowest BCUT2D eigenvalue weighted by molar-refractivity contribution is -0.118. The second kappa shape index (κ2) is 6.55. The number of benzene rings is 1. The molecule has 3 nitrogen and oxygen atoms in total. The van der Waals surface area contributed by atoms with Crippen LogP contribution in [0.1, 0.15) is 45.6 Å². The maximum Gasteiger partial charge on any atom is 0.241 e. The highest BCUT2D eigenvalue weighted by Crippen LogP contribution is 2.24. The second-order valence-corrected chi connectivity index (χ2v) is 5.14. The van der Waals surface area contributed by atoms with E-state index in [2.05, 4.69) is 19.2 Å². The van der Waals surface area contributed by atoms with E-state index in [1.807, 2.05) is 38.1 Å². The average molecular weight is 248 g/mol. The van der Waals surface area contributed by atoms with Crippen LogP contribution in [0.15, 0.2) is 24.3 Å². The molecule has 1 rings (SSSR count). The number of rotatable bonds is 5. The molecule has 100 valence electrons. The van der Waals surface area contributed by atoms with Crippen molar-refractivity contribution in [2.75, 3.05) is 5.32 Å². The van der Waals surface area contributed by atoms with Gasteiger partial charge in [-0.25, -0.2) is 0 Å². The molecule has 1 unspecified atom stereocenters. The highest BCUT2D eigenvalue weighted by atomic mass is 16.2. The van der Waals surface area contributed by atoms with Crippen LogP contribution in [0, 0.1) is 5.92 Å². The number of amides is 1. The molecule has 0 saturated heterocycles. The van der Waals surface area contributed by atoms with Crippen molar-refractivity contribution in [3.8, 4) is 0 Å². The van der Waals surface area contributed by atoms with Crippen LogP contribution in [0.3, 0.4) is 0 Å². The van der Waals surface area contributed by atoms with Crippen LogP contribution < -0.4 is 11.1 Å². The number of nitrogens with two attached hydrogens (primary N) is 1. The molecule has 0 aromatic heterocycles. The van der Waals surface area contributed by atoms with E-state index in [0.717, 1.165) is 17.7 Å². The molecule has 3 heteroatoms. The SMILES string of the molecule is CCC(C)[C@H](N)C(=O)Nc1ccccc1C(C)C. The Labute approximate surface area is 110 Å². The van der Waals surface area contributed by atoms with E-state index in [4.69, 9.17) is 5.73 Å². The summed E-state index contributed by atoms with van der Waals surface area (Å²) in [6, 6.07) is 7.43. The number of anilines is 1. The van der Waals surface area contributed by atoms with E-state index in [9.17, 15) is 4.79 Å². The Morgan fingerprint density at radius 3 is 2.44 bits per heavy atom. The molecule has 1 aromatic rings. The molecular formula is C15H24N2O. The van der Waals surface area contributed by atoms with E-state index in [1.165, 1.54) is 0 Å². The summed E-state index contributed by atoms with van der Waals surface area (Å²) < 4.78 is 0. The lowest BCUT2D eigenvalue weighted by atomic mass is 9.98. The van der Waals surface area contributed by atoms with Crippen molar-refractivity contribution >= 4 is 11.6 Å². The van der Waals surface area contributed by atoms with Crippen molar-refractivity contribution in [2.45, 2.75) is 46.1 Å². The van der Waals surface area contributed by atoms with Gasteiger partial charge in [-0.05, 0) is 23.5 Å². The molecular weight excluding hydrogens is 224 g/mol. The molecule has 1 aromatic carbocycles. The number of carbonyl (C=O) groups excluding carboxylic acids is 1. The van der Waals surface area contributed by atoms with E-state index in [0.29, 0.717) is 5.92 Å². The van der Waals surface area contributed by atoms with Gasteiger partial charge in [0.1, 0.15) is 0 Å². The summed E-state index contributed by atoms with van der Waals surface area (Å²) in [7, 11) is 0. The maximum absolute atomic E-state index is 12.1. The number of hydrogen-bond donors (Lipinski definition) is 2. The highest BCUT2D eigenvalue weighted by molar-refractivity contribution is 5.95. The topological polar surface area (TPSA) is 55.1 Å². The van der Waals surface area contributed by atoms with Gasteiger partial charge < -0.3 is 11.1 Å². The first kappa shape index (κ1) is 14.7. The minimum Gasteiger partial charge on any atom is -0.324 e. The third kappa shape index (κ3) is 3.57. The lowest BCUT2D eigenvalue weighted by Crippen LogP contribution is -2.40. The van der Waals surface area contributed by atoms with Gasteiger partial charge in [0, 0.05) is 5.69 Å². The summed E-state index contributed by atoms with van der Waals surface area (Å²) >= 11 is 0. The Morgan fingerprint density at radius 2 is 1.89 bits per heavy atom. The van der Waals surface area contributed by atoms with Gasteiger partial charge in [0.2, 0.25) is 5.91 Å². The first-order valence-electron chi connectivity index (χ1n) is 6.62. The van der Waals surface area contributed by atoms with Crippen molar-refractivity contribution in [1.82, 2.24) is 0 Å². The highest BCUT2D eigenvalue weighted by Gasteiger charge is 2.20. The summed E-state index contributed by atoms with van der Waals surface area (Å²) in [6.07, 6.45) is 0.903. The Bertz CT molecular complexity index is 401. The number of para-hydroxylation sites is 1.